The Labute approximate surface area is 179 Å². The number of hydrogen-bond donors (Lipinski definition) is 2. The quantitative estimate of drug-likeness (QED) is 0.478. The number of carbonyl (C=O) groups is 1. The van der Waals surface area contributed by atoms with Crippen molar-refractivity contribution in [1.29, 1.82) is 0 Å². The second-order valence-electron chi connectivity index (χ2n) is 7.09. The van der Waals surface area contributed by atoms with Crippen LogP contribution in [0.5, 0.6) is 11.6 Å². The van der Waals surface area contributed by atoms with Crippen LogP contribution in [-0.4, -0.2) is 25.8 Å². The maximum atomic E-state index is 12.2. The van der Waals surface area contributed by atoms with Crippen molar-refractivity contribution in [1.82, 2.24) is 19.7 Å². The monoisotopic (exact) mass is 414 g/mol. The van der Waals surface area contributed by atoms with Crippen LogP contribution in [-0.2, 0) is 0 Å². The Morgan fingerprint density at radius 3 is 2.32 bits per heavy atom. The van der Waals surface area contributed by atoms with E-state index >= 15 is 0 Å². The second-order valence-corrected chi connectivity index (χ2v) is 7.09. The molecule has 0 bridgehead atoms. The summed E-state index contributed by atoms with van der Waals surface area (Å²) in [6.45, 7) is 5.89. The van der Waals surface area contributed by atoms with Gasteiger partial charge in [0.1, 0.15) is 12.1 Å². The predicted octanol–water partition coefficient (Wildman–Crippen LogP) is 5.02. The predicted molar refractivity (Wildman–Crippen MR) is 119 cm³/mol. The molecule has 0 saturated heterocycles. The van der Waals surface area contributed by atoms with Gasteiger partial charge in [-0.15, -0.1) is 10.2 Å². The Kier molecular flexibility index (Phi) is 5.61. The van der Waals surface area contributed by atoms with Gasteiger partial charge < -0.3 is 15.4 Å². The summed E-state index contributed by atoms with van der Waals surface area (Å²) in [7, 11) is 0. The van der Waals surface area contributed by atoms with Crippen LogP contribution in [0.1, 0.15) is 17.0 Å². The Hall–Kier alpha value is -4.20. The summed E-state index contributed by atoms with van der Waals surface area (Å²) in [5, 5.41) is 13.9. The Bertz CT molecular complexity index is 1200. The molecule has 0 unspecified atom stereocenters. The number of hydrogen-bond acceptors (Lipinski definition) is 5. The van der Waals surface area contributed by atoms with Crippen molar-refractivity contribution >= 4 is 17.4 Å². The van der Waals surface area contributed by atoms with Crippen LogP contribution in [0.3, 0.4) is 0 Å². The van der Waals surface area contributed by atoms with Gasteiger partial charge >= 0.3 is 6.03 Å². The molecule has 8 heteroatoms. The fourth-order valence-corrected chi connectivity index (χ4v) is 2.97. The van der Waals surface area contributed by atoms with Gasteiger partial charge in [-0.2, -0.15) is 0 Å². The third-order valence-electron chi connectivity index (χ3n) is 4.74. The summed E-state index contributed by atoms with van der Waals surface area (Å²) in [6.07, 6.45) is 1.72. The summed E-state index contributed by atoms with van der Waals surface area (Å²) >= 11 is 0. The molecule has 4 rings (SSSR count). The number of anilines is 2. The van der Waals surface area contributed by atoms with Crippen LogP contribution in [0.4, 0.5) is 16.2 Å². The van der Waals surface area contributed by atoms with Crippen molar-refractivity contribution in [2.75, 3.05) is 10.6 Å². The van der Waals surface area contributed by atoms with Gasteiger partial charge in [0.05, 0.1) is 5.69 Å². The van der Waals surface area contributed by atoms with Gasteiger partial charge in [0.2, 0.25) is 5.88 Å². The van der Waals surface area contributed by atoms with E-state index in [-0.39, 0.29) is 6.03 Å². The lowest BCUT2D eigenvalue weighted by Crippen LogP contribution is -2.19. The normalized spacial score (nSPS) is 10.5. The standard InChI is InChI=1S/C23H22N6O2/c1-15-5-4-6-19(13-15)26-23(30)25-18-7-9-20(10-8-18)31-22-12-11-21(27-28-22)29-14-24-16(2)17(29)3/h4-14H,1-3H3,(H2,25,26,30). The molecule has 156 valence electrons. The zero-order valence-corrected chi connectivity index (χ0v) is 17.5. The third kappa shape index (κ3) is 4.87. The summed E-state index contributed by atoms with van der Waals surface area (Å²) in [5.74, 6) is 1.63. The lowest BCUT2D eigenvalue weighted by Gasteiger charge is -2.09. The Morgan fingerprint density at radius 1 is 0.903 bits per heavy atom. The molecule has 0 aliphatic carbocycles. The first kappa shape index (κ1) is 20.1. The molecule has 2 heterocycles. The van der Waals surface area contributed by atoms with Crippen molar-refractivity contribution in [2.24, 2.45) is 0 Å². The Morgan fingerprint density at radius 2 is 1.68 bits per heavy atom. The van der Waals surface area contributed by atoms with Crippen molar-refractivity contribution in [3.63, 3.8) is 0 Å². The highest BCUT2D eigenvalue weighted by atomic mass is 16.5. The fraction of sp³-hybridized carbons (Fsp3) is 0.130. The smallest absolute Gasteiger partial charge is 0.323 e. The zero-order valence-electron chi connectivity index (χ0n) is 17.5. The molecule has 0 radical (unpaired) electrons. The first-order valence-electron chi connectivity index (χ1n) is 9.75. The molecule has 2 N–H and O–H groups in total. The molecule has 0 fully saturated rings. The van der Waals surface area contributed by atoms with E-state index in [1.54, 1.807) is 36.7 Å². The first-order valence-corrected chi connectivity index (χ1v) is 9.75. The highest BCUT2D eigenvalue weighted by molar-refractivity contribution is 5.99. The van der Waals surface area contributed by atoms with Gasteiger partial charge in [0, 0.05) is 23.1 Å². The van der Waals surface area contributed by atoms with Crippen LogP contribution in [0.2, 0.25) is 0 Å². The van der Waals surface area contributed by atoms with Crippen LogP contribution < -0.4 is 15.4 Å². The summed E-state index contributed by atoms with van der Waals surface area (Å²) in [6, 6.07) is 17.9. The minimum atomic E-state index is -0.314. The van der Waals surface area contributed by atoms with E-state index in [2.05, 4.69) is 25.8 Å². The second kappa shape index (κ2) is 8.66. The van der Waals surface area contributed by atoms with Crippen LogP contribution in [0.25, 0.3) is 5.82 Å². The number of benzene rings is 2. The van der Waals surface area contributed by atoms with Gasteiger partial charge in [-0.3, -0.25) is 4.57 Å². The molecule has 2 aromatic heterocycles. The molecule has 0 atom stereocenters. The van der Waals surface area contributed by atoms with Crippen molar-refractivity contribution in [2.45, 2.75) is 20.8 Å². The van der Waals surface area contributed by atoms with E-state index in [1.807, 2.05) is 55.7 Å². The van der Waals surface area contributed by atoms with Gasteiger partial charge in [0.25, 0.3) is 0 Å². The maximum Gasteiger partial charge on any atom is 0.323 e. The number of aryl methyl sites for hydroxylation is 2. The number of carbonyl (C=O) groups excluding carboxylic acids is 1. The molecule has 8 nitrogen and oxygen atoms in total. The minimum Gasteiger partial charge on any atom is -0.438 e. The zero-order chi connectivity index (χ0) is 21.8. The molecule has 4 aromatic rings. The van der Waals surface area contributed by atoms with E-state index in [0.29, 0.717) is 23.1 Å². The molecular weight excluding hydrogens is 392 g/mol. The van der Waals surface area contributed by atoms with Crippen molar-refractivity contribution in [3.05, 3.63) is 83.9 Å². The minimum absolute atomic E-state index is 0.314. The third-order valence-corrected chi connectivity index (χ3v) is 4.74. The molecule has 2 amide bonds. The summed E-state index contributed by atoms with van der Waals surface area (Å²) in [5.41, 5.74) is 4.41. The van der Waals surface area contributed by atoms with Gasteiger partial charge in [-0.1, -0.05) is 12.1 Å². The van der Waals surface area contributed by atoms with Gasteiger partial charge in [-0.25, -0.2) is 9.78 Å². The van der Waals surface area contributed by atoms with Crippen LogP contribution in [0.15, 0.2) is 67.0 Å². The fourth-order valence-electron chi connectivity index (χ4n) is 2.97. The number of aromatic nitrogens is 4. The molecule has 0 aliphatic rings. The summed E-state index contributed by atoms with van der Waals surface area (Å²) < 4.78 is 7.62. The SMILES string of the molecule is Cc1cccc(NC(=O)Nc2ccc(Oc3ccc(-n4cnc(C)c4C)nn3)cc2)c1. The lowest BCUT2D eigenvalue weighted by atomic mass is 10.2. The van der Waals surface area contributed by atoms with Crippen molar-refractivity contribution in [3.8, 4) is 17.4 Å². The molecular formula is C23H22N6O2. The van der Waals surface area contributed by atoms with E-state index in [0.717, 1.165) is 22.6 Å². The van der Waals surface area contributed by atoms with Gasteiger partial charge in [0.15, 0.2) is 5.82 Å². The molecule has 0 aliphatic heterocycles. The van der Waals surface area contributed by atoms with Crippen LogP contribution >= 0.6 is 0 Å². The number of ether oxygens (including phenoxy) is 1. The van der Waals surface area contributed by atoms with E-state index in [9.17, 15) is 4.79 Å². The topological polar surface area (TPSA) is 94.0 Å². The maximum absolute atomic E-state index is 12.2. The first-order chi connectivity index (χ1) is 15.0. The summed E-state index contributed by atoms with van der Waals surface area (Å²) in [4.78, 5) is 16.4. The molecule has 2 aromatic carbocycles. The highest BCUT2D eigenvalue weighted by Crippen LogP contribution is 2.22. The average molecular weight is 414 g/mol. The number of urea groups is 1. The Balaban J connectivity index is 1.36. The molecule has 0 spiro atoms. The average Bonchev–Trinajstić information content (AvgIpc) is 3.08. The number of nitrogens with zero attached hydrogens (tertiary/aromatic N) is 4. The molecule has 0 saturated carbocycles. The number of nitrogens with one attached hydrogen (secondary N) is 2. The van der Waals surface area contributed by atoms with Gasteiger partial charge in [-0.05, 0) is 68.8 Å². The molecule has 31 heavy (non-hydrogen) atoms. The van der Waals surface area contributed by atoms with E-state index < -0.39 is 0 Å². The lowest BCUT2D eigenvalue weighted by molar-refractivity contribution is 0.262. The van der Waals surface area contributed by atoms with E-state index in [1.165, 1.54) is 0 Å². The van der Waals surface area contributed by atoms with Crippen LogP contribution in [0, 0.1) is 20.8 Å². The highest BCUT2D eigenvalue weighted by Gasteiger charge is 2.08. The number of rotatable bonds is 5. The largest absolute Gasteiger partial charge is 0.438 e. The van der Waals surface area contributed by atoms with E-state index in [4.69, 9.17) is 4.74 Å². The number of amides is 2. The van der Waals surface area contributed by atoms with Crippen molar-refractivity contribution < 1.29 is 9.53 Å². The number of imidazole rings is 1.